The minimum Gasteiger partial charge on any atom is -0.478 e. The number of halogens is 1. The fourth-order valence-electron chi connectivity index (χ4n) is 3.38. The molecule has 4 aromatic rings. The van der Waals surface area contributed by atoms with Crippen LogP contribution in [0.15, 0.2) is 99.4 Å². The number of carboxylic acids is 1. The molecule has 7 nitrogen and oxygen atoms in total. The van der Waals surface area contributed by atoms with Crippen molar-refractivity contribution in [3.63, 3.8) is 0 Å². The summed E-state index contributed by atoms with van der Waals surface area (Å²) >= 11 is 1.14. The largest absolute Gasteiger partial charge is 0.478 e. The van der Waals surface area contributed by atoms with Crippen LogP contribution < -0.4 is 4.90 Å². The van der Waals surface area contributed by atoms with Gasteiger partial charge in [0.2, 0.25) is 0 Å². The molecule has 1 fully saturated rings. The maximum atomic E-state index is 13.4. The molecular formula is C26H16FN3O4S. The molecule has 1 amide bonds. The van der Waals surface area contributed by atoms with Gasteiger partial charge in [-0.1, -0.05) is 30.3 Å². The topological polar surface area (TPSA) is 96.0 Å². The van der Waals surface area contributed by atoms with Crippen molar-refractivity contribution >= 4 is 46.4 Å². The molecule has 1 saturated heterocycles. The Balaban J connectivity index is 1.49. The number of hydrogen-bond donors (Lipinski definition) is 1. The molecule has 0 radical (unpaired) electrons. The maximum absolute atomic E-state index is 13.4. The van der Waals surface area contributed by atoms with Crippen LogP contribution in [0.3, 0.4) is 0 Å². The summed E-state index contributed by atoms with van der Waals surface area (Å²) in [4.78, 5) is 34.9. The number of carboxylic acid groups (broad SMARTS) is 1. The van der Waals surface area contributed by atoms with Gasteiger partial charge >= 0.3 is 5.97 Å². The number of amides is 1. The Labute approximate surface area is 203 Å². The number of benzene rings is 2. The van der Waals surface area contributed by atoms with Crippen molar-refractivity contribution in [2.24, 2.45) is 4.99 Å². The lowest BCUT2D eigenvalue weighted by atomic mass is 10.1. The lowest BCUT2D eigenvalue weighted by Gasteiger charge is -2.14. The SMILES string of the molecule is O=C(O)c1cccc(-c2ccc(C=C3SC(=Nc4ccccc4)N(c4ccc(F)cn4)C3=O)o2)c1. The summed E-state index contributed by atoms with van der Waals surface area (Å²) in [5, 5.41) is 9.59. The van der Waals surface area contributed by atoms with Crippen LogP contribution in [-0.4, -0.2) is 27.1 Å². The Morgan fingerprint density at radius 1 is 1.06 bits per heavy atom. The maximum Gasteiger partial charge on any atom is 0.335 e. The van der Waals surface area contributed by atoms with Gasteiger partial charge in [0.15, 0.2) is 5.17 Å². The second-order valence-electron chi connectivity index (χ2n) is 7.40. The highest BCUT2D eigenvalue weighted by Gasteiger charge is 2.36. The normalized spacial score (nSPS) is 15.8. The summed E-state index contributed by atoms with van der Waals surface area (Å²) in [5.41, 5.74) is 1.39. The number of carbonyl (C=O) groups is 2. The van der Waals surface area contributed by atoms with Crippen LogP contribution in [0.4, 0.5) is 15.9 Å². The molecule has 1 aliphatic rings. The van der Waals surface area contributed by atoms with Gasteiger partial charge in [0.25, 0.3) is 5.91 Å². The predicted octanol–water partition coefficient (Wildman–Crippen LogP) is 5.99. The number of nitrogens with zero attached hydrogens (tertiary/aromatic N) is 3. The number of anilines is 1. The van der Waals surface area contributed by atoms with Crippen LogP contribution in [0.1, 0.15) is 16.1 Å². The van der Waals surface area contributed by atoms with Gasteiger partial charge in [0.05, 0.1) is 22.4 Å². The third kappa shape index (κ3) is 4.75. The second-order valence-corrected chi connectivity index (χ2v) is 8.41. The van der Waals surface area contributed by atoms with Crippen LogP contribution in [0.5, 0.6) is 0 Å². The van der Waals surface area contributed by atoms with Crippen molar-refractivity contribution in [1.29, 1.82) is 0 Å². The molecule has 0 spiro atoms. The van der Waals surface area contributed by atoms with E-state index < -0.39 is 11.8 Å². The molecule has 1 N–H and O–H groups in total. The van der Waals surface area contributed by atoms with E-state index in [1.54, 1.807) is 42.5 Å². The zero-order valence-electron chi connectivity index (χ0n) is 18.0. The Morgan fingerprint density at radius 3 is 2.63 bits per heavy atom. The molecular weight excluding hydrogens is 469 g/mol. The first-order valence-corrected chi connectivity index (χ1v) is 11.2. The first kappa shape index (κ1) is 22.3. The molecule has 9 heteroatoms. The molecule has 35 heavy (non-hydrogen) atoms. The number of aromatic nitrogens is 1. The third-order valence-corrected chi connectivity index (χ3v) is 5.99. The lowest BCUT2D eigenvalue weighted by molar-refractivity contribution is -0.113. The van der Waals surface area contributed by atoms with Crippen LogP contribution in [0.25, 0.3) is 17.4 Å². The standard InChI is InChI=1S/C26H16FN3O4S/c27-18-9-12-23(28-15-18)30-24(31)22(35-26(30)29-19-7-2-1-3-8-19)14-20-10-11-21(34-20)16-5-4-6-17(13-16)25(32)33/h1-15H,(H,32,33). The predicted molar refractivity (Wildman–Crippen MR) is 132 cm³/mol. The molecule has 0 aliphatic carbocycles. The zero-order chi connectivity index (χ0) is 24.4. The summed E-state index contributed by atoms with van der Waals surface area (Å²) in [6, 6.07) is 21.6. The highest BCUT2D eigenvalue weighted by Crippen LogP contribution is 2.37. The van der Waals surface area contributed by atoms with E-state index in [0.29, 0.717) is 32.8 Å². The molecule has 0 atom stereocenters. The number of aromatic carboxylic acids is 1. The van der Waals surface area contributed by atoms with Gasteiger partial charge in [-0.15, -0.1) is 0 Å². The summed E-state index contributed by atoms with van der Waals surface area (Å²) in [6.07, 6.45) is 2.63. The average molecular weight is 485 g/mol. The van der Waals surface area contributed by atoms with Crippen LogP contribution >= 0.6 is 11.8 Å². The number of hydrogen-bond acceptors (Lipinski definition) is 6. The molecule has 5 rings (SSSR count). The fraction of sp³-hybridized carbons (Fsp3) is 0. The highest BCUT2D eigenvalue weighted by molar-refractivity contribution is 8.19. The van der Waals surface area contributed by atoms with E-state index in [4.69, 9.17) is 4.42 Å². The number of amidine groups is 1. The second kappa shape index (κ2) is 9.40. The van der Waals surface area contributed by atoms with E-state index >= 15 is 0 Å². The fourth-order valence-corrected chi connectivity index (χ4v) is 4.35. The van der Waals surface area contributed by atoms with E-state index in [2.05, 4.69) is 9.98 Å². The number of para-hydroxylation sites is 1. The molecule has 0 bridgehead atoms. The van der Waals surface area contributed by atoms with E-state index in [1.807, 2.05) is 18.2 Å². The smallest absolute Gasteiger partial charge is 0.335 e. The molecule has 2 aromatic heterocycles. The molecule has 0 saturated carbocycles. The van der Waals surface area contributed by atoms with Crippen molar-refractivity contribution < 1.29 is 23.5 Å². The molecule has 172 valence electrons. The molecule has 0 unspecified atom stereocenters. The monoisotopic (exact) mass is 485 g/mol. The van der Waals surface area contributed by atoms with Crippen molar-refractivity contribution in [3.8, 4) is 11.3 Å². The number of carbonyl (C=O) groups excluding carboxylic acids is 1. The van der Waals surface area contributed by atoms with E-state index in [1.165, 1.54) is 29.2 Å². The van der Waals surface area contributed by atoms with Gasteiger partial charge in [-0.05, 0) is 60.3 Å². The number of pyridine rings is 1. The Hall–Kier alpha value is -4.50. The van der Waals surface area contributed by atoms with Gasteiger partial charge in [-0.2, -0.15) is 0 Å². The minimum atomic E-state index is -1.03. The van der Waals surface area contributed by atoms with Crippen LogP contribution in [-0.2, 0) is 4.79 Å². The van der Waals surface area contributed by atoms with Crippen molar-refractivity contribution in [3.05, 3.63) is 107 Å². The molecule has 3 heterocycles. The molecule has 1 aliphatic heterocycles. The summed E-state index contributed by atoms with van der Waals surface area (Å²) in [5.74, 6) is -0.814. The van der Waals surface area contributed by atoms with Crippen molar-refractivity contribution in [1.82, 2.24) is 4.98 Å². The highest BCUT2D eigenvalue weighted by atomic mass is 32.2. The van der Waals surface area contributed by atoms with E-state index in [9.17, 15) is 19.1 Å². The van der Waals surface area contributed by atoms with Crippen LogP contribution in [0, 0.1) is 5.82 Å². The zero-order valence-corrected chi connectivity index (χ0v) is 18.8. The Morgan fingerprint density at radius 2 is 1.89 bits per heavy atom. The first-order chi connectivity index (χ1) is 17.0. The number of aliphatic imine (C=N–C) groups is 1. The van der Waals surface area contributed by atoms with Gasteiger partial charge < -0.3 is 9.52 Å². The summed E-state index contributed by atoms with van der Waals surface area (Å²) in [6.45, 7) is 0. The lowest BCUT2D eigenvalue weighted by Crippen LogP contribution is -2.29. The number of furan rings is 1. The quantitative estimate of drug-likeness (QED) is 0.349. The van der Waals surface area contributed by atoms with Crippen molar-refractivity contribution in [2.45, 2.75) is 0 Å². The van der Waals surface area contributed by atoms with E-state index in [0.717, 1.165) is 18.0 Å². The van der Waals surface area contributed by atoms with Crippen LogP contribution in [0.2, 0.25) is 0 Å². The Bertz CT molecular complexity index is 1480. The van der Waals surface area contributed by atoms with Gasteiger partial charge in [-0.25, -0.2) is 24.1 Å². The number of rotatable bonds is 5. The third-order valence-electron chi connectivity index (χ3n) is 5.02. The first-order valence-electron chi connectivity index (χ1n) is 10.4. The summed E-state index contributed by atoms with van der Waals surface area (Å²) in [7, 11) is 0. The van der Waals surface area contributed by atoms with Gasteiger partial charge in [0, 0.05) is 11.6 Å². The number of thioether (sulfide) groups is 1. The van der Waals surface area contributed by atoms with E-state index in [-0.39, 0.29) is 17.3 Å². The van der Waals surface area contributed by atoms with Gasteiger partial charge in [-0.3, -0.25) is 4.79 Å². The Kier molecular flexibility index (Phi) is 5.99. The van der Waals surface area contributed by atoms with Gasteiger partial charge in [0.1, 0.15) is 23.2 Å². The van der Waals surface area contributed by atoms with Crippen molar-refractivity contribution in [2.75, 3.05) is 4.90 Å². The summed E-state index contributed by atoms with van der Waals surface area (Å²) < 4.78 is 19.3. The average Bonchev–Trinajstić information content (AvgIpc) is 3.45. The minimum absolute atomic E-state index is 0.143. The molecule has 2 aromatic carbocycles.